The SMILES string of the molecule is CCCCCCCC(=O)Nc1cc(S(=O)(=O)N2CCOCC2)ccc1O. The van der Waals surface area contributed by atoms with Crippen LogP contribution >= 0.6 is 0 Å². The largest absolute Gasteiger partial charge is 0.506 e. The Balaban J connectivity index is 2.01. The molecule has 1 aromatic rings. The van der Waals surface area contributed by atoms with Crippen LogP contribution in [0, 0.1) is 0 Å². The Kier molecular flexibility index (Phi) is 7.86. The van der Waals surface area contributed by atoms with Crippen molar-refractivity contribution in [2.45, 2.75) is 50.3 Å². The molecule has 1 aliphatic rings. The Morgan fingerprint density at radius 2 is 1.88 bits per heavy atom. The summed E-state index contributed by atoms with van der Waals surface area (Å²) in [4.78, 5) is 12.1. The minimum atomic E-state index is -3.67. The van der Waals surface area contributed by atoms with Crippen molar-refractivity contribution in [3.63, 3.8) is 0 Å². The standard InChI is InChI=1S/C18H28N2O5S/c1-2-3-4-5-6-7-18(22)19-16-14-15(8-9-17(16)21)26(23,24)20-10-12-25-13-11-20/h8-9,14,21H,2-7,10-13H2,1H3,(H,19,22). The van der Waals surface area contributed by atoms with Gasteiger partial charge in [-0.3, -0.25) is 4.79 Å². The molecule has 8 heteroatoms. The van der Waals surface area contributed by atoms with Crippen LogP contribution in [0.4, 0.5) is 5.69 Å². The van der Waals surface area contributed by atoms with E-state index in [0.29, 0.717) is 32.7 Å². The molecule has 0 spiro atoms. The average Bonchev–Trinajstić information content (AvgIpc) is 2.64. The number of morpholine rings is 1. The van der Waals surface area contributed by atoms with Crippen molar-refractivity contribution in [1.82, 2.24) is 4.31 Å². The highest BCUT2D eigenvalue weighted by atomic mass is 32.2. The lowest BCUT2D eigenvalue weighted by molar-refractivity contribution is -0.116. The van der Waals surface area contributed by atoms with Gasteiger partial charge in [0.1, 0.15) is 5.75 Å². The third-order valence-electron chi connectivity index (χ3n) is 4.36. The van der Waals surface area contributed by atoms with Gasteiger partial charge in [0.05, 0.1) is 23.8 Å². The lowest BCUT2D eigenvalue weighted by Gasteiger charge is -2.26. The van der Waals surface area contributed by atoms with Crippen molar-refractivity contribution in [2.75, 3.05) is 31.6 Å². The molecule has 0 unspecified atom stereocenters. The molecule has 0 aromatic heterocycles. The number of phenolic OH excluding ortho intramolecular Hbond substituents is 1. The molecule has 146 valence electrons. The summed E-state index contributed by atoms with van der Waals surface area (Å²) in [7, 11) is -3.67. The molecule has 0 bridgehead atoms. The molecule has 0 saturated carbocycles. The van der Waals surface area contributed by atoms with Gasteiger partial charge in [-0.15, -0.1) is 0 Å². The highest BCUT2D eigenvalue weighted by Gasteiger charge is 2.27. The molecule has 0 aliphatic carbocycles. The molecule has 2 N–H and O–H groups in total. The first-order chi connectivity index (χ1) is 12.4. The topological polar surface area (TPSA) is 95.9 Å². The number of hydrogen-bond donors (Lipinski definition) is 2. The normalized spacial score (nSPS) is 15.7. The molecule has 1 aliphatic heterocycles. The number of phenols is 1. The number of rotatable bonds is 9. The van der Waals surface area contributed by atoms with Crippen LogP contribution in [0.25, 0.3) is 0 Å². The third-order valence-corrected chi connectivity index (χ3v) is 6.25. The Labute approximate surface area is 155 Å². The maximum absolute atomic E-state index is 12.7. The smallest absolute Gasteiger partial charge is 0.243 e. The molecule has 0 atom stereocenters. The van der Waals surface area contributed by atoms with Gasteiger partial charge >= 0.3 is 0 Å². The number of aromatic hydroxyl groups is 1. The van der Waals surface area contributed by atoms with Gasteiger partial charge in [-0.2, -0.15) is 4.31 Å². The minimum Gasteiger partial charge on any atom is -0.506 e. The number of carbonyl (C=O) groups is 1. The molecular weight excluding hydrogens is 356 g/mol. The summed E-state index contributed by atoms with van der Waals surface area (Å²) in [6.07, 6.45) is 5.51. The van der Waals surface area contributed by atoms with Crippen LogP contribution in [0.2, 0.25) is 0 Å². The van der Waals surface area contributed by atoms with Crippen LogP contribution in [0.3, 0.4) is 0 Å². The van der Waals surface area contributed by atoms with E-state index in [1.807, 2.05) is 0 Å². The van der Waals surface area contributed by atoms with Crippen molar-refractivity contribution in [3.05, 3.63) is 18.2 Å². The molecule has 0 radical (unpaired) electrons. The van der Waals surface area contributed by atoms with Crippen molar-refractivity contribution in [1.29, 1.82) is 0 Å². The van der Waals surface area contributed by atoms with E-state index in [1.54, 1.807) is 0 Å². The highest BCUT2D eigenvalue weighted by molar-refractivity contribution is 7.89. The van der Waals surface area contributed by atoms with Gasteiger partial charge < -0.3 is 15.2 Å². The fraction of sp³-hybridized carbons (Fsp3) is 0.611. The highest BCUT2D eigenvalue weighted by Crippen LogP contribution is 2.28. The van der Waals surface area contributed by atoms with Crippen molar-refractivity contribution in [2.24, 2.45) is 0 Å². The number of ether oxygens (including phenoxy) is 1. The number of nitrogens with one attached hydrogen (secondary N) is 1. The van der Waals surface area contributed by atoms with Crippen LogP contribution in [-0.2, 0) is 19.6 Å². The molecular formula is C18H28N2O5S. The molecule has 1 saturated heterocycles. The second-order valence-electron chi connectivity index (χ2n) is 6.41. The monoisotopic (exact) mass is 384 g/mol. The molecule has 2 rings (SSSR count). The summed E-state index contributed by atoms with van der Waals surface area (Å²) in [6.45, 7) is 3.44. The maximum Gasteiger partial charge on any atom is 0.243 e. The lowest BCUT2D eigenvalue weighted by atomic mass is 10.1. The van der Waals surface area contributed by atoms with E-state index >= 15 is 0 Å². The molecule has 26 heavy (non-hydrogen) atoms. The Morgan fingerprint density at radius 3 is 2.58 bits per heavy atom. The van der Waals surface area contributed by atoms with E-state index in [4.69, 9.17) is 4.74 Å². The number of amides is 1. The summed E-state index contributed by atoms with van der Waals surface area (Å²) in [5.41, 5.74) is 0.123. The molecule has 1 amide bonds. The van der Waals surface area contributed by atoms with Gasteiger partial charge in [-0.05, 0) is 24.6 Å². The quantitative estimate of drug-likeness (QED) is 0.504. The van der Waals surface area contributed by atoms with E-state index in [0.717, 1.165) is 32.1 Å². The second kappa shape index (κ2) is 9.89. The van der Waals surface area contributed by atoms with E-state index in [1.165, 1.54) is 22.5 Å². The Bertz CT molecular complexity index is 700. The van der Waals surface area contributed by atoms with Crippen molar-refractivity contribution in [3.8, 4) is 5.75 Å². The molecule has 1 fully saturated rings. The fourth-order valence-electron chi connectivity index (χ4n) is 2.81. The van der Waals surface area contributed by atoms with Gasteiger partial charge in [-0.1, -0.05) is 32.6 Å². The minimum absolute atomic E-state index is 0.0513. The number of nitrogens with zero attached hydrogens (tertiary/aromatic N) is 1. The summed E-state index contributed by atoms with van der Waals surface area (Å²) in [5, 5.41) is 12.6. The number of carbonyl (C=O) groups excluding carboxylic acids is 1. The van der Waals surface area contributed by atoms with E-state index < -0.39 is 10.0 Å². The average molecular weight is 384 g/mol. The number of anilines is 1. The predicted molar refractivity (Wildman–Crippen MR) is 99.7 cm³/mol. The van der Waals surface area contributed by atoms with Crippen LogP contribution in [-0.4, -0.2) is 50.0 Å². The second-order valence-corrected chi connectivity index (χ2v) is 8.35. The third kappa shape index (κ3) is 5.69. The van der Waals surface area contributed by atoms with E-state index in [2.05, 4.69) is 12.2 Å². The van der Waals surface area contributed by atoms with Crippen molar-refractivity contribution >= 4 is 21.6 Å². The van der Waals surface area contributed by atoms with Crippen LogP contribution < -0.4 is 5.32 Å². The van der Waals surface area contributed by atoms with E-state index in [-0.39, 0.29) is 22.2 Å². The number of unbranched alkanes of at least 4 members (excludes halogenated alkanes) is 4. The number of hydrogen-bond acceptors (Lipinski definition) is 5. The summed E-state index contributed by atoms with van der Waals surface area (Å²) in [5.74, 6) is -0.372. The summed E-state index contributed by atoms with van der Waals surface area (Å²) in [6, 6.07) is 3.96. The maximum atomic E-state index is 12.7. The van der Waals surface area contributed by atoms with Crippen LogP contribution in [0.1, 0.15) is 45.4 Å². The van der Waals surface area contributed by atoms with Gasteiger partial charge in [0.25, 0.3) is 0 Å². The molecule has 1 aromatic carbocycles. The summed E-state index contributed by atoms with van der Waals surface area (Å²) >= 11 is 0. The molecule has 1 heterocycles. The number of benzene rings is 1. The van der Waals surface area contributed by atoms with E-state index in [9.17, 15) is 18.3 Å². The van der Waals surface area contributed by atoms with Crippen molar-refractivity contribution < 1.29 is 23.1 Å². The zero-order valence-corrected chi connectivity index (χ0v) is 16.1. The lowest BCUT2D eigenvalue weighted by Crippen LogP contribution is -2.40. The number of sulfonamides is 1. The van der Waals surface area contributed by atoms with Crippen LogP contribution in [0.15, 0.2) is 23.1 Å². The van der Waals surface area contributed by atoms with Gasteiger partial charge in [0.2, 0.25) is 15.9 Å². The first kappa shape index (κ1) is 20.7. The van der Waals surface area contributed by atoms with Gasteiger partial charge in [-0.25, -0.2) is 8.42 Å². The zero-order chi connectivity index (χ0) is 19.0. The molecule has 7 nitrogen and oxygen atoms in total. The Morgan fingerprint density at radius 1 is 1.19 bits per heavy atom. The van der Waals surface area contributed by atoms with Gasteiger partial charge in [0, 0.05) is 19.5 Å². The fourth-order valence-corrected chi connectivity index (χ4v) is 4.25. The first-order valence-electron chi connectivity index (χ1n) is 9.16. The van der Waals surface area contributed by atoms with Crippen LogP contribution in [0.5, 0.6) is 5.75 Å². The first-order valence-corrected chi connectivity index (χ1v) is 10.6. The Hall–Kier alpha value is -1.64. The summed E-state index contributed by atoms with van der Waals surface area (Å²) < 4.78 is 31.9. The predicted octanol–water partition coefficient (Wildman–Crippen LogP) is 2.71. The van der Waals surface area contributed by atoms with Gasteiger partial charge in [0.15, 0.2) is 0 Å². The zero-order valence-electron chi connectivity index (χ0n) is 15.2.